The predicted octanol–water partition coefficient (Wildman–Crippen LogP) is 3.91. The first-order chi connectivity index (χ1) is 14.2. The van der Waals surface area contributed by atoms with E-state index >= 15 is 0 Å². The van der Waals surface area contributed by atoms with Crippen molar-refractivity contribution in [2.75, 3.05) is 5.32 Å². The van der Waals surface area contributed by atoms with Gasteiger partial charge in [-0.1, -0.05) is 12.8 Å². The SMILES string of the molecule is O[C@H]1CCCC[C@@H]1Nc1nccc(-c2c(-c3ccc(F)cc3)nc3occn23)n1. The molecule has 8 heteroatoms. The Morgan fingerprint density at radius 1 is 1.10 bits per heavy atom. The molecule has 3 aromatic heterocycles. The summed E-state index contributed by atoms with van der Waals surface area (Å²) in [7, 11) is 0. The quantitative estimate of drug-likeness (QED) is 0.547. The highest BCUT2D eigenvalue weighted by Gasteiger charge is 2.24. The van der Waals surface area contributed by atoms with Crippen LogP contribution < -0.4 is 5.32 Å². The molecule has 4 aromatic rings. The number of oxazole rings is 1. The summed E-state index contributed by atoms with van der Waals surface area (Å²) in [5.41, 5.74) is 2.79. The lowest BCUT2D eigenvalue weighted by atomic mass is 9.93. The molecule has 0 amide bonds. The van der Waals surface area contributed by atoms with Crippen molar-refractivity contribution in [2.45, 2.75) is 37.8 Å². The van der Waals surface area contributed by atoms with Crippen LogP contribution in [0.4, 0.5) is 10.3 Å². The molecule has 0 spiro atoms. The third-order valence-corrected chi connectivity index (χ3v) is 5.32. The number of aliphatic hydroxyl groups is 1. The molecule has 0 unspecified atom stereocenters. The Morgan fingerprint density at radius 2 is 1.93 bits per heavy atom. The van der Waals surface area contributed by atoms with Gasteiger partial charge in [0.2, 0.25) is 5.95 Å². The normalized spacial score (nSPS) is 19.5. The Labute approximate surface area is 166 Å². The zero-order chi connectivity index (χ0) is 19.8. The average molecular weight is 393 g/mol. The van der Waals surface area contributed by atoms with Crippen molar-refractivity contribution in [3.63, 3.8) is 0 Å². The van der Waals surface area contributed by atoms with Gasteiger partial charge in [-0.25, -0.2) is 14.4 Å². The fourth-order valence-electron chi connectivity index (χ4n) is 3.85. The Balaban J connectivity index is 1.56. The van der Waals surface area contributed by atoms with E-state index in [9.17, 15) is 9.50 Å². The van der Waals surface area contributed by atoms with E-state index in [4.69, 9.17) is 4.42 Å². The number of nitrogens with one attached hydrogen (secondary N) is 1. The number of anilines is 1. The maximum absolute atomic E-state index is 13.4. The molecule has 1 saturated carbocycles. The van der Waals surface area contributed by atoms with Crippen LogP contribution in [-0.2, 0) is 0 Å². The summed E-state index contributed by atoms with van der Waals surface area (Å²) in [5.74, 6) is 0.574. The molecule has 148 valence electrons. The van der Waals surface area contributed by atoms with E-state index in [0.29, 0.717) is 23.2 Å². The summed E-state index contributed by atoms with van der Waals surface area (Å²) >= 11 is 0. The Bertz CT molecular complexity index is 1140. The van der Waals surface area contributed by atoms with Gasteiger partial charge in [-0.2, -0.15) is 4.98 Å². The predicted molar refractivity (Wildman–Crippen MR) is 106 cm³/mol. The molecule has 1 aliphatic rings. The first-order valence-electron chi connectivity index (χ1n) is 9.68. The molecule has 0 radical (unpaired) electrons. The van der Waals surface area contributed by atoms with Gasteiger partial charge in [0.1, 0.15) is 23.5 Å². The molecular weight excluding hydrogens is 373 g/mol. The smallest absolute Gasteiger partial charge is 0.306 e. The highest BCUT2D eigenvalue weighted by molar-refractivity contribution is 5.79. The first-order valence-corrected chi connectivity index (χ1v) is 9.68. The van der Waals surface area contributed by atoms with Crippen molar-refractivity contribution < 1.29 is 13.9 Å². The zero-order valence-corrected chi connectivity index (χ0v) is 15.6. The number of nitrogens with zero attached hydrogens (tertiary/aromatic N) is 4. The first kappa shape index (κ1) is 17.8. The summed E-state index contributed by atoms with van der Waals surface area (Å²) in [6, 6.07) is 7.90. The average Bonchev–Trinajstić information content (AvgIpc) is 3.32. The minimum Gasteiger partial charge on any atom is -0.432 e. The lowest BCUT2D eigenvalue weighted by Crippen LogP contribution is -2.36. The molecule has 7 nitrogen and oxygen atoms in total. The van der Waals surface area contributed by atoms with Crippen LogP contribution in [0.1, 0.15) is 25.7 Å². The fraction of sp³-hybridized carbons (Fsp3) is 0.286. The highest BCUT2D eigenvalue weighted by Crippen LogP contribution is 2.32. The van der Waals surface area contributed by atoms with E-state index in [0.717, 1.165) is 36.9 Å². The number of imidazole rings is 1. The van der Waals surface area contributed by atoms with Crippen LogP contribution in [0.15, 0.2) is 53.4 Å². The molecule has 0 aliphatic heterocycles. The van der Waals surface area contributed by atoms with Crippen molar-refractivity contribution in [3.8, 4) is 22.6 Å². The second-order valence-electron chi connectivity index (χ2n) is 7.24. The van der Waals surface area contributed by atoms with Gasteiger partial charge in [-0.15, -0.1) is 0 Å². The number of hydrogen-bond donors (Lipinski definition) is 2. The molecule has 1 fully saturated rings. The van der Waals surface area contributed by atoms with Gasteiger partial charge in [0.15, 0.2) is 0 Å². The summed E-state index contributed by atoms with van der Waals surface area (Å²) in [6.07, 6.45) is 8.37. The third kappa shape index (κ3) is 3.36. The molecule has 2 atom stereocenters. The maximum atomic E-state index is 13.4. The summed E-state index contributed by atoms with van der Waals surface area (Å²) in [5, 5.41) is 13.5. The van der Waals surface area contributed by atoms with Gasteiger partial charge < -0.3 is 14.8 Å². The molecule has 0 saturated heterocycles. The summed E-state index contributed by atoms with van der Waals surface area (Å²) in [4.78, 5) is 13.6. The standard InChI is InChI=1S/C21H20FN5O2/c22-14-7-5-13(6-8-14)18-19(27-11-12-29-21(27)26-18)16-9-10-23-20(25-16)24-15-3-1-2-4-17(15)28/h5-12,15,17,28H,1-4H2,(H,23,24,25)/t15-,17-/m0/s1. The number of aliphatic hydroxyl groups excluding tert-OH is 1. The van der Waals surface area contributed by atoms with E-state index in [-0.39, 0.29) is 11.9 Å². The topological polar surface area (TPSA) is 88.5 Å². The third-order valence-electron chi connectivity index (χ3n) is 5.32. The van der Waals surface area contributed by atoms with Gasteiger partial charge in [0.25, 0.3) is 0 Å². The molecule has 29 heavy (non-hydrogen) atoms. The number of rotatable bonds is 4. The molecule has 1 aliphatic carbocycles. The molecule has 1 aromatic carbocycles. The number of fused-ring (bicyclic) bond motifs is 1. The highest BCUT2D eigenvalue weighted by atomic mass is 19.1. The van der Waals surface area contributed by atoms with E-state index in [1.165, 1.54) is 12.1 Å². The van der Waals surface area contributed by atoms with E-state index in [2.05, 4.69) is 20.3 Å². The Kier molecular flexibility index (Phi) is 4.48. The maximum Gasteiger partial charge on any atom is 0.306 e. The molecular formula is C21H20FN5O2. The van der Waals surface area contributed by atoms with Gasteiger partial charge in [-0.05, 0) is 43.2 Å². The Morgan fingerprint density at radius 3 is 2.76 bits per heavy atom. The van der Waals surface area contributed by atoms with Crippen LogP contribution in [0.25, 0.3) is 28.5 Å². The summed E-state index contributed by atoms with van der Waals surface area (Å²) < 4.78 is 20.6. The van der Waals surface area contributed by atoms with Crippen LogP contribution in [0.5, 0.6) is 0 Å². The lowest BCUT2D eigenvalue weighted by Gasteiger charge is -2.28. The number of aromatic nitrogens is 4. The number of halogens is 1. The molecule has 5 rings (SSSR count). The minimum atomic E-state index is -0.402. The Hall–Kier alpha value is -3.26. The largest absolute Gasteiger partial charge is 0.432 e. The minimum absolute atomic E-state index is 0.0602. The summed E-state index contributed by atoms with van der Waals surface area (Å²) in [6.45, 7) is 0. The van der Waals surface area contributed by atoms with Gasteiger partial charge >= 0.3 is 5.84 Å². The van der Waals surface area contributed by atoms with Crippen LogP contribution >= 0.6 is 0 Å². The lowest BCUT2D eigenvalue weighted by molar-refractivity contribution is 0.116. The fourth-order valence-corrected chi connectivity index (χ4v) is 3.85. The molecule has 0 bridgehead atoms. The van der Waals surface area contributed by atoms with E-state index in [1.807, 2.05) is 0 Å². The van der Waals surface area contributed by atoms with Crippen molar-refractivity contribution in [1.82, 2.24) is 19.4 Å². The zero-order valence-electron chi connectivity index (χ0n) is 15.6. The van der Waals surface area contributed by atoms with E-state index in [1.54, 1.807) is 41.3 Å². The molecule has 3 heterocycles. The molecule has 2 N–H and O–H groups in total. The van der Waals surface area contributed by atoms with Crippen molar-refractivity contribution in [3.05, 3.63) is 54.8 Å². The van der Waals surface area contributed by atoms with Gasteiger partial charge in [-0.3, -0.25) is 4.40 Å². The van der Waals surface area contributed by atoms with Crippen LogP contribution in [0, 0.1) is 5.82 Å². The van der Waals surface area contributed by atoms with Crippen molar-refractivity contribution >= 4 is 11.8 Å². The second kappa shape index (κ2) is 7.29. The monoisotopic (exact) mass is 393 g/mol. The second-order valence-corrected chi connectivity index (χ2v) is 7.24. The van der Waals surface area contributed by atoms with Gasteiger partial charge in [0, 0.05) is 18.0 Å². The number of hydrogen-bond acceptors (Lipinski definition) is 6. The number of benzene rings is 1. The van der Waals surface area contributed by atoms with Gasteiger partial charge in [0.05, 0.1) is 17.8 Å². The van der Waals surface area contributed by atoms with E-state index < -0.39 is 6.10 Å². The van der Waals surface area contributed by atoms with Crippen molar-refractivity contribution in [2.24, 2.45) is 0 Å². The van der Waals surface area contributed by atoms with Crippen LogP contribution in [0.2, 0.25) is 0 Å². The van der Waals surface area contributed by atoms with Crippen LogP contribution in [0.3, 0.4) is 0 Å². The van der Waals surface area contributed by atoms with Crippen LogP contribution in [-0.4, -0.2) is 36.6 Å². The van der Waals surface area contributed by atoms with Crippen molar-refractivity contribution in [1.29, 1.82) is 0 Å².